The highest BCUT2D eigenvalue weighted by molar-refractivity contribution is 5.25. The zero-order chi connectivity index (χ0) is 14.2. The number of hydrogen-bond donors (Lipinski definition) is 1. The molecular formula is C16H18N4. The van der Waals surface area contributed by atoms with E-state index < -0.39 is 0 Å². The van der Waals surface area contributed by atoms with Gasteiger partial charge in [0.1, 0.15) is 11.8 Å². The van der Waals surface area contributed by atoms with Crippen molar-refractivity contribution in [2.75, 3.05) is 13.1 Å². The fourth-order valence-corrected chi connectivity index (χ4v) is 2.13. The summed E-state index contributed by atoms with van der Waals surface area (Å²) in [5, 5.41) is 8.89. The monoisotopic (exact) mass is 266 g/mol. The highest BCUT2D eigenvalue weighted by Crippen LogP contribution is 2.10. The summed E-state index contributed by atoms with van der Waals surface area (Å²) in [6.07, 6.45) is 1.68. The van der Waals surface area contributed by atoms with Crippen molar-refractivity contribution >= 4 is 0 Å². The Morgan fingerprint density at radius 2 is 1.85 bits per heavy atom. The molecule has 4 nitrogen and oxygen atoms in total. The second-order valence-corrected chi connectivity index (χ2v) is 4.65. The first-order chi connectivity index (χ1) is 9.81. The third-order valence-corrected chi connectivity index (χ3v) is 3.04. The number of aromatic nitrogens is 1. The molecule has 0 aliphatic carbocycles. The van der Waals surface area contributed by atoms with Gasteiger partial charge in [-0.15, -0.1) is 0 Å². The van der Waals surface area contributed by atoms with Crippen LogP contribution in [0.3, 0.4) is 0 Å². The van der Waals surface area contributed by atoms with E-state index >= 15 is 0 Å². The Hall–Kier alpha value is -2.22. The van der Waals surface area contributed by atoms with Gasteiger partial charge in [-0.25, -0.2) is 4.98 Å². The van der Waals surface area contributed by atoms with Crippen molar-refractivity contribution in [2.24, 2.45) is 5.73 Å². The highest BCUT2D eigenvalue weighted by atomic mass is 15.1. The summed E-state index contributed by atoms with van der Waals surface area (Å²) in [6.45, 7) is 3.05. The maximum atomic E-state index is 8.89. The number of nitriles is 1. The minimum atomic E-state index is 0.454. The summed E-state index contributed by atoms with van der Waals surface area (Å²) in [5.74, 6) is 0. The second kappa shape index (κ2) is 7.39. The fourth-order valence-electron chi connectivity index (χ4n) is 2.13. The number of pyridine rings is 1. The lowest BCUT2D eigenvalue weighted by Gasteiger charge is -2.21. The zero-order valence-corrected chi connectivity index (χ0v) is 11.4. The van der Waals surface area contributed by atoms with Crippen LogP contribution in [0.5, 0.6) is 0 Å². The molecule has 0 saturated heterocycles. The smallest absolute Gasteiger partial charge is 0.140 e. The Balaban J connectivity index is 2.07. The number of hydrogen-bond acceptors (Lipinski definition) is 4. The molecule has 0 spiro atoms. The average Bonchev–Trinajstić information content (AvgIpc) is 2.49. The van der Waals surface area contributed by atoms with E-state index in [0.717, 1.165) is 25.2 Å². The molecular weight excluding hydrogens is 248 g/mol. The largest absolute Gasteiger partial charge is 0.329 e. The van der Waals surface area contributed by atoms with Gasteiger partial charge >= 0.3 is 0 Å². The molecule has 2 N–H and O–H groups in total. The topological polar surface area (TPSA) is 65.9 Å². The molecule has 1 aromatic carbocycles. The van der Waals surface area contributed by atoms with Crippen molar-refractivity contribution in [1.82, 2.24) is 9.88 Å². The molecule has 2 rings (SSSR count). The fraction of sp³-hybridized carbons (Fsp3) is 0.250. The van der Waals surface area contributed by atoms with E-state index in [0.29, 0.717) is 12.2 Å². The number of nitrogens with zero attached hydrogens (tertiary/aromatic N) is 3. The van der Waals surface area contributed by atoms with Crippen LogP contribution in [-0.2, 0) is 13.1 Å². The molecule has 0 radical (unpaired) electrons. The summed E-state index contributed by atoms with van der Waals surface area (Å²) in [6, 6.07) is 16.1. The average molecular weight is 266 g/mol. The maximum Gasteiger partial charge on any atom is 0.140 e. The van der Waals surface area contributed by atoms with Gasteiger partial charge in [0.25, 0.3) is 0 Å². The minimum absolute atomic E-state index is 0.454. The van der Waals surface area contributed by atoms with Gasteiger partial charge in [-0.05, 0) is 23.3 Å². The first kappa shape index (κ1) is 14.2. The first-order valence-electron chi connectivity index (χ1n) is 6.63. The number of rotatable bonds is 6. The van der Waals surface area contributed by atoms with Crippen molar-refractivity contribution < 1.29 is 0 Å². The standard InChI is InChI=1S/C16H18N4/c17-7-9-20(12-14-4-2-1-3-5-14)13-15-6-8-19-16(10-15)11-18/h1-6,8,10H,7,9,12-13,17H2. The summed E-state index contributed by atoms with van der Waals surface area (Å²) >= 11 is 0. The van der Waals surface area contributed by atoms with Crippen LogP contribution in [0.25, 0.3) is 0 Å². The number of nitrogens with two attached hydrogens (primary N) is 1. The SMILES string of the molecule is N#Cc1cc(CN(CCN)Cc2ccccc2)ccn1. The van der Waals surface area contributed by atoms with E-state index in [1.165, 1.54) is 5.56 Å². The molecule has 2 aromatic rings. The van der Waals surface area contributed by atoms with E-state index in [9.17, 15) is 0 Å². The van der Waals surface area contributed by atoms with E-state index in [4.69, 9.17) is 11.0 Å². The van der Waals surface area contributed by atoms with Gasteiger partial charge in [0.15, 0.2) is 0 Å². The summed E-state index contributed by atoms with van der Waals surface area (Å²) < 4.78 is 0. The van der Waals surface area contributed by atoms with Crippen molar-refractivity contribution in [1.29, 1.82) is 5.26 Å². The quantitative estimate of drug-likeness (QED) is 0.867. The van der Waals surface area contributed by atoms with Crippen molar-refractivity contribution in [2.45, 2.75) is 13.1 Å². The van der Waals surface area contributed by atoms with E-state index in [1.54, 1.807) is 6.20 Å². The maximum absolute atomic E-state index is 8.89. The lowest BCUT2D eigenvalue weighted by atomic mass is 10.1. The predicted octanol–water partition coefficient (Wildman–Crippen LogP) is 1.91. The Morgan fingerprint density at radius 3 is 2.55 bits per heavy atom. The molecule has 0 saturated carbocycles. The first-order valence-corrected chi connectivity index (χ1v) is 6.63. The zero-order valence-electron chi connectivity index (χ0n) is 11.4. The van der Waals surface area contributed by atoms with Crippen LogP contribution in [0.1, 0.15) is 16.8 Å². The van der Waals surface area contributed by atoms with Crippen molar-refractivity contribution in [3.8, 4) is 6.07 Å². The highest BCUT2D eigenvalue weighted by Gasteiger charge is 2.07. The summed E-state index contributed by atoms with van der Waals surface area (Å²) in [7, 11) is 0. The van der Waals surface area contributed by atoms with Gasteiger partial charge in [0.2, 0.25) is 0 Å². The normalized spacial score (nSPS) is 10.4. The van der Waals surface area contributed by atoms with Crippen molar-refractivity contribution in [3.05, 3.63) is 65.5 Å². The van der Waals surface area contributed by atoms with E-state index in [-0.39, 0.29) is 0 Å². The molecule has 0 atom stereocenters. The Labute approximate surface area is 119 Å². The van der Waals surface area contributed by atoms with Crippen LogP contribution in [0, 0.1) is 11.3 Å². The lowest BCUT2D eigenvalue weighted by Crippen LogP contribution is -2.28. The minimum Gasteiger partial charge on any atom is -0.329 e. The van der Waals surface area contributed by atoms with Crippen LogP contribution in [0.4, 0.5) is 0 Å². The second-order valence-electron chi connectivity index (χ2n) is 4.65. The van der Waals surface area contributed by atoms with Gasteiger partial charge in [-0.3, -0.25) is 4.90 Å². The van der Waals surface area contributed by atoms with E-state index in [1.807, 2.05) is 30.3 Å². The molecule has 20 heavy (non-hydrogen) atoms. The summed E-state index contributed by atoms with van der Waals surface area (Å²) in [4.78, 5) is 6.26. The molecule has 1 aromatic heterocycles. The molecule has 0 aliphatic rings. The molecule has 1 heterocycles. The Kier molecular flexibility index (Phi) is 5.24. The predicted molar refractivity (Wildman–Crippen MR) is 78.6 cm³/mol. The van der Waals surface area contributed by atoms with E-state index in [2.05, 4.69) is 28.1 Å². The third-order valence-electron chi connectivity index (χ3n) is 3.04. The molecule has 0 amide bonds. The van der Waals surface area contributed by atoms with Gasteiger partial charge in [-0.1, -0.05) is 30.3 Å². The third kappa shape index (κ3) is 4.16. The van der Waals surface area contributed by atoms with Gasteiger partial charge < -0.3 is 5.73 Å². The Morgan fingerprint density at radius 1 is 1.10 bits per heavy atom. The molecule has 0 bridgehead atoms. The molecule has 0 aliphatic heterocycles. The van der Waals surface area contributed by atoms with Crippen LogP contribution in [-0.4, -0.2) is 23.0 Å². The molecule has 102 valence electrons. The lowest BCUT2D eigenvalue weighted by molar-refractivity contribution is 0.264. The Bertz CT molecular complexity index is 575. The molecule has 0 unspecified atom stereocenters. The van der Waals surface area contributed by atoms with Crippen LogP contribution in [0.2, 0.25) is 0 Å². The number of benzene rings is 1. The van der Waals surface area contributed by atoms with Gasteiger partial charge in [0.05, 0.1) is 0 Å². The molecule has 0 fully saturated rings. The van der Waals surface area contributed by atoms with Gasteiger partial charge in [0, 0.05) is 32.4 Å². The van der Waals surface area contributed by atoms with Crippen LogP contribution in [0.15, 0.2) is 48.7 Å². The molecule has 4 heteroatoms. The van der Waals surface area contributed by atoms with Crippen molar-refractivity contribution in [3.63, 3.8) is 0 Å². The summed E-state index contributed by atoms with van der Waals surface area (Å²) in [5.41, 5.74) is 8.48. The van der Waals surface area contributed by atoms with Gasteiger partial charge in [-0.2, -0.15) is 5.26 Å². The van der Waals surface area contributed by atoms with Crippen LogP contribution >= 0.6 is 0 Å². The van der Waals surface area contributed by atoms with Crippen LogP contribution < -0.4 is 5.73 Å².